The highest BCUT2D eigenvalue weighted by Gasteiger charge is 2.27. The Morgan fingerprint density at radius 3 is 1.49 bits per heavy atom. The summed E-state index contributed by atoms with van der Waals surface area (Å²) in [5, 5.41) is 4.54. The van der Waals surface area contributed by atoms with Gasteiger partial charge < -0.3 is 24.4 Å². The number of para-hydroxylation sites is 6. The fourth-order valence-corrected chi connectivity index (χ4v) is 7.59. The molecule has 1 amide bonds. The van der Waals surface area contributed by atoms with Crippen molar-refractivity contribution in [2.24, 2.45) is 0 Å². The number of carbonyl (C=O) groups excluding carboxylic acids is 1. The number of aromatic nitrogens is 4. The molecule has 0 aliphatic carbocycles. The van der Waals surface area contributed by atoms with Crippen molar-refractivity contribution in [1.82, 2.24) is 39.1 Å². The number of rotatable bonds is 10. The van der Waals surface area contributed by atoms with Crippen LogP contribution in [-0.4, -0.2) is 111 Å². The van der Waals surface area contributed by atoms with E-state index in [1.807, 2.05) is 126 Å². The zero-order valence-corrected chi connectivity index (χ0v) is 35.8. The van der Waals surface area contributed by atoms with E-state index in [0.717, 1.165) is 43.2 Å². The molecule has 2 aliphatic rings. The number of amides is 1. The molecule has 0 radical (unpaired) electrons. The van der Waals surface area contributed by atoms with Crippen LogP contribution in [0.15, 0.2) is 107 Å². The van der Waals surface area contributed by atoms with Gasteiger partial charge in [0.05, 0.1) is 59.5 Å². The van der Waals surface area contributed by atoms with Gasteiger partial charge in [-0.25, -0.2) is 14.8 Å². The van der Waals surface area contributed by atoms with Crippen LogP contribution in [-0.2, 0) is 17.8 Å². The predicted octanol–water partition coefficient (Wildman–Crippen LogP) is 6.03. The molecule has 61 heavy (non-hydrogen) atoms. The number of hydrogen-bond acceptors (Lipinski definition) is 11. The van der Waals surface area contributed by atoms with E-state index in [-0.39, 0.29) is 17.2 Å². The summed E-state index contributed by atoms with van der Waals surface area (Å²) in [5.41, 5.74) is 2.12. The van der Waals surface area contributed by atoms with Crippen molar-refractivity contribution in [1.29, 1.82) is 0 Å². The molecule has 14 nitrogen and oxygen atoms in total. The maximum absolute atomic E-state index is 13.6. The van der Waals surface area contributed by atoms with Gasteiger partial charge in [-0.15, -0.1) is 0 Å². The Kier molecular flexibility index (Phi) is 13.8. The summed E-state index contributed by atoms with van der Waals surface area (Å²) in [6, 6.07) is 30.1. The molecule has 1 N–H and O–H groups in total. The maximum atomic E-state index is 13.6. The molecular weight excluding hydrogens is 773 g/mol. The first kappa shape index (κ1) is 43.0. The lowest BCUT2D eigenvalue weighted by Crippen LogP contribution is -2.50. The molecule has 0 unspecified atom stereocenters. The van der Waals surface area contributed by atoms with Crippen LogP contribution in [0.5, 0.6) is 11.5 Å². The predicted molar refractivity (Wildman–Crippen MR) is 238 cm³/mol. The monoisotopic (exact) mass is 828 g/mol. The number of hydrogen-bond donors (Lipinski definition) is 1. The third kappa shape index (κ3) is 10.3. The Hall–Kier alpha value is -6.09. The summed E-state index contributed by atoms with van der Waals surface area (Å²) < 4.78 is 20.5. The van der Waals surface area contributed by atoms with Gasteiger partial charge in [0.1, 0.15) is 28.7 Å². The second-order valence-electron chi connectivity index (χ2n) is 15.9. The molecule has 0 bridgehead atoms. The minimum atomic E-state index is -0.521. The molecular formula is C47H56N8O6. The molecule has 0 saturated carbocycles. The van der Waals surface area contributed by atoms with Crippen LogP contribution in [0.1, 0.15) is 46.3 Å². The molecule has 2 aliphatic heterocycles. The number of carbonyl (C=O) groups is 1. The average Bonchev–Trinajstić information content (AvgIpc) is 3.25. The molecule has 8 rings (SSSR count). The smallest absolute Gasteiger partial charge is 0.410 e. The Morgan fingerprint density at radius 2 is 1.03 bits per heavy atom. The molecule has 2 aromatic heterocycles. The van der Waals surface area contributed by atoms with Crippen LogP contribution in [0, 0.1) is 0 Å². The van der Waals surface area contributed by atoms with E-state index in [1.165, 1.54) is 0 Å². The lowest BCUT2D eigenvalue weighted by Gasteiger charge is -2.35. The third-order valence-corrected chi connectivity index (χ3v) is 10.5. The highest BCUT2D eigenvalue weighted by atomic mass is 16.6. The van der Waals surface area contributed by atoms with Crippen LogP contribution < -0.4 is 25.9 Å². The zero-order valence-electron chi connectivity index (χ0n) is 35.8. The molecule has 2 fully saturated rings. The number of nitrogens with one attached hydrogen (secondary N) is 1. The lowest BCUT2D eigenvalue weighted by molar-refractivity contribution is 0.0136. The van der Waals surface area contributed by atoms with Gasteiger partial charge in [0, 0.05) is 52.4 Å². The maximum Gasteiger partial charge on any atom is 0.410 e. The van der Waals surface area contributed by atoms with Crippen molar-refractivity contribution in [3.05, 3.63) is 129 Å². The highest BCUT2D eigenvalue weighted by Crippen LogP contribution is 2.26. The summed E-state index contributed by atoms with van der Waals surface area (Å²) in [5.74, 6) is 2.72. The van der Waals surface area contributed by atoms with Crippen LogP contribution in [0.2, 0.25) is 0 Å². The van der Waals surface area contributed by atoms with Crippen molar-refractivity contribution in [2.75, 3.05) is 65.6 Å². The van der Waals surface area contributed by atoms with Crippen molar-refractivity contribution >= 4 is 27.9 Å². The summed E-state index contributed by atoms with van der Waals surface area (Å²) >= 11 is 0. The normalized spacial score (nSPS) is 15.0. The minimum Gasteiger partial charge on any atom is -0.492 e. The van der Waals surface area contributed by atoms with Gasteiger partial charge in [-0.05, 0) is 83.1 Å². The van der Waals surface area contributed by atoms with Crippen molar-refractivity contribution < 1.29 is 19.0 Å². The van der Waals surface area contributed by atoms with Crippen LogP contribution in [0.4, 0.5) is 4.79 Å². The molecule has 4 aromatic carbocycles. The van der Waals surface area contributed by atoms with E-state index in [2.05, 4.69) is 15.1 Å². The Balaban J connectivity index is 0.000000189. The second kappa shape index (κ2) is 19.5. The van der Waals surface area contributed by atoms with E-state index in [0.29, 0.717) is 91.8 Å². The molecule has 320 valence electrons. The first-order valence-electron chi connectivity index (χ1n) is 21.1. The van der Waals surface area contributed by atoms with Gasteiger partial charge in [0.25, 0.3) is 11.1 Å². The zero-order chi connectivity index (χ0) is 42.9. The number of ether oxygens (including phenoxy) is 3. The first-order valence-corrected chi connectivity index (χ1v) is 21.1. The summed E-state index contributed by atoms with van der Waals surface area (Å²) in [6.07, 6.45) is -0.293. The highest BCUT2D eigenvalue weighted by molar-refractivity contribution is 5.79. The number of fused-ring (bicyclic) bond motifs is 2. The second-order valence-corrected chi connectivity index (χ2v) is 15.9. The molecule has 2 saturated heterocycles. The number of piperazine rings is 2. The fourth-order valence-electron chi connectivity index (χ4n) is 7.59. The van der Waals surface area contributed by atoms with Gasteiger partial charge in [0.2, 0.25) is 0 Å². The Morgan fingerprint density at radius 1 is 0.607 bits per heavy atom. The van der Waals surface area contributed by atoms with E-state index < -0.39 is 5.60 Å². The minimum absolute atomic E-state index is 0.0575. The average molecular weight is 829 g/mol. The van der Waals surface area contributed by atoms with E-state index in [9.17, 15) is 14.4 Å². The van der Waals surface area contributed by atoms with Crippen LogP contribution >= 0.6 is 0 Å². The van der Waals surface area contributed by atoms with Gasteiger partial charge in [-0.3, -0.25) is 28.5 Å². The molecule has 14 heteroatoms. The number of nitrogens with zero attached hydrogens (tertiary/aromatic N) is 7. The largest absolute Gasteiger partial charge is 0.492 e. The van der Waals surface area contributed by atoms with E-state index >= 15 is 0 Å². The quantitative estimate of drug-likeness (QED) is 0.174. The summed E-state index contributed by atoms with van der Waals surface area (Å²) in [7, 11) is 0. The molecule has 0 spiro atoms. The Bertz CT molecular complexity index is 2570. The van der Waals surface area contributed by atoms with Gasteiger partial charge >= 0.3 is 6.09 Å². The van der Waals surface area contributed by atoms with Gasteiger partial charge in [0.15, 0.2) is 0 Å². The molecule has 6 aromatic rings. The topological polar surface area (TPSA) is 136 Å². The van der Waals surface area contributed by atoms with Crippen molar-refractivity contribution in [3.63, 3.8) is 0 Å². The van der Waals surface area contributed by atoms with Crippen molar-refractivity contribution in [3.8, 4) is 22.9 Å². The summed E-state index contributed by atoms with van der Waals surface area (Å²) in [6.45, 7) is 17.8. The van der Waals surface area contributed by atoms with Crippen LogP contribution in [0.3, 0.4) is 0 Å². The molecule has 4 heterocycles. The van der Waals surface area contributed by atoms with Gasteiger partial charge in [-0.1, -0.05) is 48.5 Å². The lowest BCUT2D eigenvalue weighted by atomic mass is 10.2. The first-order chi connectivity index (χ1) is 29.5. The Labute approximate surface area is 356 Å². The van der Waals surface area contributed by atoms with E-state index in [4.69, 9.17) is 24.2 Å². The third-order valence-electron chi connectivity index (χ3n) is 10.5. The van der Waals surface area contributed by atoms with Crippen molar-refractivity contribution in [2.45, 2.75) is 53.3 Å². The molecule has 0 atom stereocenters. The fraction of sp³-hybridized carbons (Fsp3) is 0.383. The summed E-state index contributed by atoms with van der Waals surface area (Å²) in [4.78, 5) is 55.4. The standard InChI is InChI=1S/C26H32N4O4.C21H24N4O2/c1-5-33-22-13-9-8-12-21(22)30-23(27-20-11-7-6-10-19(20)24(30)31)18-28-14-16-29(17-15-28)25(32)34-26(2,3)4;1-2-27-19-10-6-5-9-18(19)25-20(15-24-13-11-22-12-14-24)23-17-8-4-3-7-16(17)21(25)26/h6-13H,5,14-18H2,1-4H3;3-10,22H,2,11-15H2,1H3. The van der Waals surface area contributed by atoms with E-state index in [1.54, 1.807) is 20.1 Å². The van der Waals surface area contributed by atoms with Crippen LogP contribution in [0.25, 0.3) is 33.2 Å². The van der Waals surface area contributed by atoms with Gasteiger partial charge in [-0.2, -0.15) is 0 Å². The number of benzene rings is 4. The SMILES string of the molecule is CCOc1ccccc1-n1c(CN2CCN(C(=O)OC(C)(C)C)CC2)nc2ccccc2c1=O.CCOc1ccccc1-n1c(CN2CCNCC2)nc2ccccc2c1=O.